The van der Waals surface area contributed by atoms with Crippen molar-refractivity contribution in [3.05, 3.63) is 12.4 Å². The summed E-state index contributed by atoms with van der Waals surface area (Å²) in [5.41, 5.74) is 6.22. The van der Waals surface area contributed by atoms with Crippen LogP contribution in [0.1, 0.15) is 32.1 Å². The van der Waals surface area contributed by atoms with E-state index in [2.05, 4.69) is 10.00 Å². The zero-order valence-electron chi connectivity index (χ0n) is 10.6. The van der Waals surface area contributed by atoms with E-state index in [1.807, 2.05) is 0 Å². The number of carbonyl (C=O) groups is 1. The molecule has 0 spiro atoms. The van der Waals surface area contributed by atoms with Crippen molar-refractivity contribution in [3.63, 3.8) is 0 Å². The minimum Gasteiger partial charge on any atom is -0.396 e. The fraction of sp³-hybridized carbons (Fsp3) is 0.692. The molecule has 2 N–H and O–H groups in total. The van der Waals surface area contributed by atoms with Crippen molar-refractivity contribution in [2.75, 3.05) is 12.3 Å². The predicted octanol–water partition coefficient (Wildman–Crippen LogP) is 1.26. The second kappa shape index (κ2) is 4.63. The van der Waals surface area contributed by atoms with Crippen molar-refractivity contribution >= 4 is 11.6 Å². The number of fused-ring (bicyclic) bond motifs is 1. The van der Waals surface area contributed by atoms with E-state index in [0.717, 1.165) is 12.5 Å². The van der Waals surface area contributed by atoms with Gasteiger partial charge >= 0.3 is 0 Å². The lowest BCUT2D eigenvalue weighted by Crippen LogP contribution is -2.40. The summed E-state index contributed by atoms with van der Waals surface area (Å²) in [4.78, 5) is 14.4. The van der Waals surface area contributed by atoms with Crippen LogP contribution in [0, 0.1) is 5.92 Å². The van der Waals surface area contributed by atoms with E-state index in [0.29, 0.717) is 18.3 Å². The number of carbonyl (C=O) groups excluding carboxylic acids is 1. The van der Waals surface area contributed by atoms with Gasteiger partial charge in [0.2, 0.25) is 5.91 Å². The van der Waals surface area contributed by atoms with Gasteiger partial charge in [0.15, 0.2) is 0 Å². The van der Waals surface area contributed by atoms with Crippen molar-refractivity contribution in [1.82, 2.24) is 14.7 Å². The molecule has 1 aromatic rings. The average molecular weight is 248 g/mol. The van der Waals surface area contributed by atoms with E-state index < -0.39 is 0 Å². The average Bonchev–Trinajstić information content (AvgIpc) is 2.95. The van der Waals surface area contributed by atoms with Crippen LogP contribution in [-0.4, -0.2) is 33.2 Å². The van der Waals surface area contributed by atoms with Crippen LogP contribution in [0.25, 0.3) is 0 Å². The summed E-state index contributed by atoms with van der Waals surface area (Å²) in [6, 6.07) is 0.485. The third kappa shape index (κ3) is 2.09. The number of amides is 1. The molecule has 1 saturated heterocycles. The second-order valence-corrected chi connectivity index (χ2v) is 5.46. The molecule has 18 heavy (non-hydrogen) atoms. The lowest BCUT2D eigenvalue weighted by molar-refractivity contribution is -0.133. The number of nitrogens with zero attached hydrogens (tertiary/aromatic N) is 3. The summed E-state index contributed by atoms with van der Waals surface area (Å²) in [7, 11) is 0. The van der Waals surface area contributed by atoms with Crippen molar-refractivity contribution in [2.45, 2.75) is 44.7 Å². The highest BCUT2D eigenvalue weighted by molar-refractivity contribution is 5.76. The molecule has 5 nitrogen and oxygen atoms in total. The molecular formula is C13H20N4O. The third-order valence-corrected chi connectivity index (χ3v) is 4.28. The highest BCUT2D eigenvalue weighted by Crippen LogP contribution is 2.36. The smallest absolute Gasteiger partial charge is 0.244 e. The van der Waals surface area contributed by atoms with Crippen LogP contribution in [0.15, 0.2) is 12.4 Å². The van der Waals surface area contributed by atoms with Crippen molar-refractivity contribution in [1.29, 1.82) is 0 Å². The Balaban J connectivity index is 1.65. The first kappa shape index (κ1) is 11.6. The number of hydrogen-bond acceptors (Lipinski definition) is 3. The summed E-state index contributed by atoms with van der Waals surface area (Å²) in [5.74, 6) is 0.929. The molecule has 0 radical (unpaired) electrons. The van der Waals surface area contributed by atoms with Gasteiger partial charge in [0.1, 0.15) is 6.54 Å². The van der Waals surface area contributed by atoms with Gasteiger partial charge in [-0.05, 0) is 25.2 Å². The molecule has 1 amide bonds. The predicted molar refractivity (Wildman–Crippen MR) is 68.7 cm³/mol. The van der Waals surface area contributed by atoms with Crippen LogP contribution in [0.5, 0.6) is 0 Å². The molecular weight excluding hydrogens is 228 g/mol. The summed E-state index contributed by atoms with van der Waals surface area (Å²) < 4.78 is 1.63. The molecule has 1 aromatic heterocycles. The molecule has 1 aliphatic carbocycles. The van der Waals surface area contributed by atoms with Crippen molar-refractivity contribution in [2.24, 2.45) is 5.92 Å². The molecule has 2 heterocycles. The minimum atomic E-state index is 0.188. The summed E-state index contributed by atoms with van der Waals surface area (Å²) >= 11 is 0. The molecule has 3 rings (SSSR count). The third-order valence-electron chi connectivity index (χ3n) is 4.28. The van der Waals surface area contributed by atoms with Gasteiger partial charge in [0.05, 0.1) is 11.9 Å². The van der Waals surface area contributed by atoms with Gasteiger partial charge in [-0.3, -0.25) is 9.48 Å². The number of nitrogens with two attached hydrogens (primary N) is 1. The molecule has 2 atom stereocenters. The largest absolute Gasteiger partial charge is 0.396 e. The van der Waals surface area contributed by atoms with Gasteiger partial charge in [0, 0.05) is 18.8 Å². The fourth-order valence-corrected chi connectivity index (χ4v) is 3.41. The number of nitrogen functional groups attached to an aromatic ring is 1. The standard InChI is InChI=1S/C13H20N4O/c14-11-7-15-16(8-11)9-13(18)17-6-5-10-3-1-2-4-12(10)17/h7-8,10,12H,1-6,9,14H2. The Bertz CT molecular complexity index is 442. The van der Waals surface area contributed by atoms with E-state index in [4.69, 9.17) is 5.73 Å². The van der Waals surface area contributed by atoms with Crippen molar-refractivity contribution < 1.29 is 4.79 Å². The van der Waals surface area contributed by atoms with Gasteiger partial charge in [-0.25, -0.2) is 0 Å². The highest BCUT2D eigenvalue weighted by atomic mass is 16.2. The Morgan fingerprint density at radius 3 is 3.00 bits per heavy atom. The first-order valence-electron chi connectivity index (χ1n) is 6.81. The van der Waals surface area contributed by atoms with Crippen LogP contribution < -0.4 is 5.73 Å². The molecule has 2 fully saturated rings. The van der Waals surface area contributed by atoms with Crippen LogP contribution in [0.4, 0.5) is 5.69 Å². The first-order valence-corrected chi connectivity index (χ1v) is 6.81. The van der Waals surface area contributed by atoms with E-state index in [-0.39, 0.29) is 5.91 Å². The van der Waals surface area contributed by atoms with Crippen LogP contribution in [-0.2, 0) is 11.3 Å². The Hall–Kier alpha value is -1.52. The summed E-state index contributed by atoms with van der Waals surface area (Å²) in [6.45, 7) is 1.24. The number of rotatable bonds is 2. The molecule has 5 heteroatoms. The SMILES string of the molecule is Nc1cnn(CC(=O)N2CCC3CCCCC32)c1. The number of likely N-dealkylation sites (tertiary alicyclic amines) is 1. The lowest BCUT2D eigenvalue weighted by Gasteiger charge is -2.31. The Morgan fingerprint density at radius 1 is 1.39 bits per heavy atom. The molecule has 1 aliphatic heterocycles. The molecule has 1 saturated carbocycles. The Kier molecular flexibility index (Phi) is 2.97. The van der Waals surface area contributed by atoms with Gasteiger partial charge in [-0.15, -0.1) is 0 Å². The van der Waals surface area contributed by atoms with E-state index in [9.17, 15) is 4.79 Å². The number of aromatic nitrogens is 2. The van der Waals surface area contributed by atoms with E-state index in [1.165, 1.54) is 32.1 Å². The maximum absolute atomic E-state index is 12.3. The minimum absolute atomic E-state index is 0.188. The summed E-state index contributed by atoms with van der Waals surface area (Å²) in [5, 5.41) is 4.08. The lowest BCUT2D eigenvalue weighted by atomic mass is 9.85. The highest BCUT2D eigenvalue weighted by Gasteiger charge is 2.37. The first-order chi connectivity index (χ1) is 8.74. The van der Waals surface area contributed by atoms with Crippen LogP contribution in [0.2, 0.25) is 0 Å². The zero-order chi connectivity index (χ0) is 12.5. The second-order valence-electron chi connectivity index (χ2n) is 5.46. The fourth-order valence-electron chi connectivity index (χ4n) is 3.41. The van der Waals surface area contributed by atoms with Gasteiger partial charge in [-0.1, -0.05) is 12.8 Å². The van der Waals surface area contributed by atoms with E-state index >= 15 is 0 Å². The summed E-state index contributed by atoms with van der Waals surface area (Å²) in [6.07, 6.45) is 9.55. The van der Waals surface area contributed by atoms with Crippen LogP contribution >= 0.6 is 0 Å². The Labute approximate surface area is 107 Å². The Morgan fingerprint density at radius 2 is 2.22 bits per heavy atom. The van der Waals surface area contributed by atoms with Gasteiger partial charge in [0.25, 0.3) is 0 Å². The molecule has 2 unspecified atom stereocenters. The normalized spacial score (nSPS) is 27.2. The van der Waals surface area contributed by atoms with E-state index in [1.54, 1.807) is 17.1 Å². The molecule has 98 valence electrons. The zero-order valence-corrected chi connectivity index (χ0v) is 10.6. The molecule has 2 aliphatic rings. The van der Waals surface area contributed by atoms with Crippen molar-refractivity contribution in [3.8, 4) is 0 Å². The maximum Gasteiger partial charge on any atom is 0.244 e. The molecule has 0 aromatic carbocycles. The number of anilines is 1. The topological polar surface area (TPSA) is 64.1 Å². The monoisotopic (exact) mass is 248 g/mol. The van der Waals surface area contributed by atoms with Gasteiger partial charge < -0.3 is 10.6 Å². The maximum atomic E-state index is 12.3. The quantitative estimate of drug-likeness (QED) is 0.857. The van der Waals surface area contributed by atoms with Crippen LogP contribution in [0.3, 0.4) is 0 Å². The van der Waals surface area contributed by atoms with Gasteiger partial charge in [-0.2, -0.15) is 5.10 Å². The molecule has 0 bridgehead atoms. The number of hydrogen-bond donors (Lipinski definition) is 1.